The van der Waals surface area contributed by atoms with Gasteiger partial charge in [-0.1, -0.05) is 12.1 Å². The summed E-state index contributed by atoms with van der Waals surface area (Å²) < 4.78 is 26.4. The largest absolute Gasteiger partial charge is 0.478 e. The third-order valence-electron chi connectivity index (χ3n) is 5.85. The number of rotatable bonds is 8. The molecule has 206 valence electrons. The molecule has 2 aliphatic heterocycles. The van der Waals surface area contributed by atoms with Crippen LogP contribution in [0.2, 0.25) is 0 Å². The second-order valence-corrected chi connectivity index (χ2v) is 8.34. The number of aliphatic hydroxyl groups excluding tert-OH is 6. The van der Waals surface area contributed by atoms with E-state index in [-0.39, 0.29) is 5.56 Å². The number of carboxylic acids is 1. The maximum atomic E-state index is 12.8. The number of aliphatic hydroxyl groups is 6. The lowest BCUT2D eigenvalue weighted by atomic mass is 9.96. The predicted molar refractivity (Wildman–Crippen MR) is 115 cm³/mol. The molecule has 0 saturated carbocycles. The molecular formula is C22H28O15. The first kappa shape index (κ1) is 28.8. The Morgan fingerprint density at radius 1 is 0.811 bits per heavy atom. The van der Waals surface area contributed by atoms with Crippen LogP contribution in [0.25, 0.3) is 0 Å². The minimum absolute atomic E-state index is 0.359. The highest BCUT2D eigenvalue weighted by Crippen LogP contribution is 2.31. The Morgan fingerprint density at radius 2 is 1.41 bits per heavy atom. The summed E-state index contributed by atoms with van der Waals surface area (Å²) in [6.45, 7) is -0.658. The highest BCUT2D eigenvalue weighted by molar-refractivity contribution is 6.02. The Bertz CT molecular complexity index is 967. The Kier molecular flexibility index (Phi) is 9.51. The molecule has 0 unspecified atom stereocenters. The quantitative estimate of drug-likeness (QED) is 0.163. The van der Waals surface area contributed by atoms with Crippen molar-refractivity contribution in [3.05, 3.63) is 35.4 Å². The number of carbonyl (C=O) groups excluding carboxylic acids is 2. The number of hydrogen-bond acceptors (Lipinski definition) is 14. The van der Waals surface area contributed by atoms with Crippen molar-refractivity contribution in [1.82, 2.24) is 0 Å². The van der Waals surface area contributed by atoms with Gasteiger partial charge < -0.3 is 59.4 Å². The first-order valence-electron chi connectivity index (χ1n) is 11.1. The van der Waals surface area contributed by atoms with Gasteiger partial charge in [-0.3, -0.25) is 4.79 Å². The van der Waals surface area contributed by atoms with Gasteiger partial charge >= 0.3 is 17.9 Å². The lowest BCUT2D eigenvalue weighted by Gasteiger charge is -2.46. The number of aromatic carboxylic acids is 1. The van der Waals surface area contributed by atoms with Crippen LogP contribution in [0.5, 0.6) is 0 Å². The molecule has 1 aromatic carbocycles. The van der Waals surface area contributed by atoms with E-state index in [1.807, 2.05) is 0 Å². The van der Waals surface area contributed by atoms with Gasteiger partial charge in [0, 0.05) is 6.92 Å². The zero-order valence-corrected chi connectivity index (χ0v) is 19.4. The van der Waals surface area contributed by atoms with Crippen molar-refractivity contribution >= 4 is 17.9 Å². The summed E-state index contributed by atoms with van der Waals surface area (Å²) in [7, 11) is 0. The van der Waals surface area contributed by atoms with Crippen LogP contribution in [0.4, 0.5) is 0 Å². The molecule has 2 fully saturated rings. The Balaban J connectivity index is 1.87. The normalized spacial score (nSPS) is 36.0. The lowest BCUT2D eigenvalue weighted by molar-refractivity contribution is -0.355. The summed E-state index contributed by atoms with van der Waals surface area (Å²) in [5, 5.41) is 69.5. The highest BCUT2D eigenvalue weighted by Gasteiger charge is 2.53. The first-order valence-corrected chi connectivity index (χ1v) is 11.1. The standard InChI is InChI=1S/C22H28O15/c1-8(25)33-18-15(28)22(37-16-11(6-23)34-21(32)14(27)13(16)26)35-12(7-24)17(18)36-20(31)10-5-3-2-4-9(10)19(29)30/h2-5,11-18,21-24,26-28,32H,6-7H2,1H3,(H,29,30)/t11-,12-,13-,14-,15-,16-,17-,18-,21-,22+/m1/s1. The minimum Gasteiger partial charge on any atom is -0.478 e. The van der Waals surface area contributed by atoms with E-state index in [9.17, 15) is 50.1 Å². The number of carboxylic acid groups (broad SMARTS) is 1. The van der Waals surface area contributed by atoms with Gasteiger partial charge in [0.1, 0.15) is 36.6 Å². The van der Waals surface area contributed by atoms with Gasteiger partial charge in [-0.15, -0.1) is 0 Å². The fraction of sp³-hybridized carbons (Fsp3) is 0.591. The molecule has 2 saturated heterocycles. The number of benzene rings is 1. The smallest absolute Gasteiger partial charge is 0.339 e. The molecule has 2 heterocycles. The third-order valence-corrected chi connectivity index (χ3v) is 5.85. The molecular weight excluding hydrogens is 504 g/mol. The molecule has 15 nitrogen and oxygen atoms in total. The Morgan fingerprint density at radius 3 is 1.97 bits per heavy atom. The van der Waals surface area contributed by atoms with E-state index in [0.29, 0.717) is 0 Å². The topological polar surface area (TPSA) is 239 Å². The summed E-state index contributed by atoms with van der Waals surface area (Å²) in [5.74, 6) is -3.53. The molecule has 0 aromatic heterocycles. The first-order chi connectivity index (χ1) is 17.5. The lowest BCUT2D eigenvalue weighted by Crippen LogP contribution is -2.65. The summed E-state index contributed by atoms with van der Waals surface area (Å²) in [6.07, 6.45) is -17.0. The van der Waals surface area contributed by atoms with Crippen molar-refractivity contribution < 1.29 is 73.8 Å². The van der Waals surface area contributed by atoms with Crippen LogP contribution in [-0.2, 0) is 28.5 Å². The van der Waals surface area contributed by atoms with Crippen molar-refractivity contribution in [3.63, 3.8) is 0 Å². The van der Waals surface area contributed by atoms with Crippen molar-refractivity contribution in [2.45, 2.75) is 68.3 Å². The number of carbonyl (C=O) groups is 3. The van der Waals surface area contributed by atoms with Crippen molar-refractivity contribution in [2.75, 3.05) is 13.2 Å². The van der Waals surface area contributed by atoms with Crippen molar-refractivity contribution in [2.24, 2.45) is 0 Å². The molecule has 1 aromatic rings. The van der Waals surface area contributed by atoms with Crippen LogP contribution in [0.15, 0.2) is 24.3 Å². The number of esters is 2. The minimum atomic E-state index is -1.92. The van der Waals surface area contributed by atoms with Gasteiger partial charge in [-0.05, 0) is 12.1 Å². The van der Waals surface area contributed by atoms with E-state index < -0.39 is 98.1 Å². The van der Waals surface area contributed by atoms with E-state index >= 15 is 0 Å². The Labute approximate surface area is 209 Å². The second-order valence-electron chi connectivity index (χ2n) is 8.34. The maximum Gasteiger partial charge on any atom is 0.339 e. The summed E-state index contributed by atoms with van der Waals surface area (Å²) in [4.78, 5) is 36.1. The SMILES string of the molecule is CC(=O)O[C@@H]1[C@@H](O)[C@H](O[C@H]2[C@H](O)[C@@H](O)[C@H](O)O[C@@H]2CO)O[C@H](CO)[C@H]1OC(=O)c1ccccc1C(=O)O. The van der Waals surface area contributed by atoms with Crippen LogP contribution in [-0.4, -0.2) is 128 Å². The number of hydrogen-bond donors (Lipinski definition) is 7. The van der Waals surface area contributed by atoms with Gasteiger partial charge in [-0.2, -0.15) is 0 Å². The summed E-state index contributed by atoms with van der Waals surface area (Å²) in [6, 6.07) is 5.09. The van der Waals surface area contributed by atoms with Gasteiger partial charge in [0.2, 0.25) is 0 Å². The van der Waals surface area contributed by atoms with Crippen molar-refractivity contribution in [1.29, 1.82) is 0 Å². The van der Waals surface area contributed by atoms with Gasteiger partial charge in [0.15, 0.2) is 24.8 Å². The van der Waals surface area contributed by atoms with E-state index in [4.69, 9.17) is 23.7 Å². The summed E-state index contributed by atoms with van der Waals surface area (Å²) >= 11 is 0. The molecule has 0 amide bonds. The van der Waals surface area contributed by atoms with E-state index in [0.717, 1.165) is 13.0 Å². The average Bonchev–Trinajstić information content (AvgIpc) is 2.87. The van der Waals surface area contributed by atoms with Crippen LogP contribution in [0, 0.1) is 0 Å². The van der Waals surface area contributed by atoms with Gasteiger partial charge in [0.05, 0.1) is 24.3 Å². The molecule has 0 radical (unpaired) electrons. The number of ether oxygens (including phenoxy) is 5. The molecule has 0 bridgehead atoms. The molecule has 0 spiro atoms. The fourth-order valence-electron chi connectivity index (χ4n) is 4.05. The third kappa shape index (κ3) is 6.23. The monoisotopic (exact) mass is 532 g/mol. The fourth-order valence-corrected chi connectivity index (χ4v) is 4.05. The van der Waals surface area contributed by atoms with E-state index in [1.54, 1.807) is 0 Å². The van der Waals surface area contributed by atoms with Crippen molar-refractivity contribution in [3.8, 4) is 0 Å². The van der Waals surface area contributed by atoms with E-state index in [2.05, 4.69) is 0 Å². The van der Waals surface area contributed by atoms with Crippen LogP contribution < -0.4 is 0 Å². The average molecular weight is 532 g/mol. The Hall–Kier alpha value is -2.73. The van der Waals surface area contributed by atoms with Gasteiger partial charge in [-0.25, -0.2) is 9.59 Å². The van der Waals surface area contributed by atoms with Crippen LogP contribution in [0.1, 0.15) is 27.6 Å². The summed E-state index contributed by atoms with van der Waals surface area (Å²) in [5.41, 5.74) is -0.750. The maximum absolute atomic E-state index is 12.8. The molecule has 37 heavy (non-hydrogen) atoms. The zero-order valence-electron chi connectivity index (χ0n) is 19.4. The molecule has 3 rings (SSSR count). The van der Waals surface area contributed by atoms with E-state index in [1.165, 1.54) is 18.2 Å². The highest BCUT2D eigenvalue weighted by atomic mass is 16.7. The van der Waals surface area contributed by atoms with Gasteiger partial charge in [0.25, 0.3) is 0 Å². The zero-order chi connectivity index (χ0) is 27.4. The molecule has 2 aliphatic rings. The predicted octanol–water partition coefficient (Wildman–Crippen LogP) is -3.26. The molecule has 0 aliphatic carbocycles. The van der Waals surface area contributed by atoms with Crippen LogP contribution >= 0.6 is 0 Å². The second kappa shape index (κ2) is 12.2. The molecule has 15 heteroatoms. The molecule has 7 N–H and O–H groups in total. The van der Waals surface area contributed by atoms with Crippen LogP contribution in [0.3, 0.4) is 0 Å². The molecule has 10 atom stereocenters.